The van der Waals surface area contributed by atoms with Gasteiger partial charge >= 0.3 is 6.01 Å². The highest BCUT2D eigenvalue weighted by Crippen LogP contribution is 2.34. The van der Waals surface area contributed by atoms with E-state index in [4.69, 9.17) is 15.0 Å². The van der Waals surface area contributed by atoms with Gasteiger partial charge in [-0.05, 0) is 74.1 Å². The number of piperidine rings is 1. The lowest BCUT2D eigenvalue weighted by Crippen LogP contribution is -2.46. The smallest absolute Gasteiger partial charge is 0.324 e. The number of allylic oxidation sites excluding steroid dienone is 2. The molecule has 0 spiro atoms. The van der Waals surface area contributed by atoms with E-state index in [0.29, 0.717) is 56.6 Å². The molecule has 1 aromatic heterocycles. The molecule has 0 saturated carbocycles. The van der Waals surface area contributed by atoms with Crippen LogP contribution in [0.25, 0.3) is 5.57 Å². The molecule has 5 rings (SSSR count). The van der Waals surface area contributed by atoms with Crippen molar-refractivity contribution in [1.82, 2.24) is 15.0 Å². The minimum absolute atomic E-state index is 0.00441. The zero-order valence-corrected chi connectivity index (χ0v) is 22.8. The van der Waals surface area contributed by atoms with Gasteiger partial charge in [0, 0.05) is 31.5 Å². The number of hydrogen-bond acceptors (Lipinski definition) is 7. The molecule has 3 aliphatic rings. The lowest BCUT2D eigenvalue weighted by Gasteiger charge is -2.30. The lowest BCUT2D eigenvalue weighted by molar-refractivity contribution is -0.140. The van der Waals surface area contributed by atoms with Crippen molar-refractivity contribution in [3.8, 4) is 5.75 Å². The number of primary amides is 1. The van der Waals surface area contributed by atoms with Gasteiger partial charge in [0.25, 0.3) is 0 Å². The van der Waals surface area contributed by atoms with Gasteiger partial charge in [0.05, 0.1) is 6.61 Å². The molecule has 9 nitrogen and oxygen atoms in total. The number of aromatic nitrogens is 2. The van der Waals surface area contributed by atoms with Gasteiger partial charge in [0.2, 0.25) is 11.8 Å². The van der Waals surface area contributed by atoms with Crippen molar-refractivity contribution in [2.24, 2.45) is 17.6 Å². The molecular formula is C29H38FN5O4. The fourth-order valence-electron chi connectivity index (χ4n) is 5.79. The minimum atomic E-state index is -0.486. The maximum Gasteiger partial charge on any atom is 0.324 e. The number of benzene rings is 1. The van der Waals surface area contributed by atoms with Crippen LogP contribution in [0.5, 0.6) is 5.75 Å². The number of anilines is 1. The molecule has 2 aromatic rings. The molecule has 10 heteroatoms. The molecule has 0 bridgehead atoms. The van der Waals surface area contributed by atoms with Crippen molar-refractivity contribution in [2.75, 3.05) is 31.1 Å². The molecule has 1 unspecified atom stereocenters. The van der Waals surface area contributed by atoms with Crippen LogP contribution in [0.4, 0.5) is 10.4 Å². The van der Waals surface area contributed by atoms with E-state index in [2.05, 4.69) is 15.0 Å². The zero-order chi connectivity index (χ0) is 27.5. The number of carbonyl (C=O) groups excluding carboxylic acids is 2. The Labute approximate surface area is 228 Å². The van der Waals surface area contributed by atoms with E-state index in [-0.39, 0.29) is 29.3 Å². The third-order valence-corrected chi connectivity index (χ3v) is 8.23. The Hall–Kier alpha value is -3.43. The van der Waals surface area contributed by atoms with Crippen molar-refractivity contribution in [2.45, 2.75) is 70.8 Å². The van der Waals surface area contributed by atoms with Gasteiger partial charge in [-0.1, -0.05) is 31.1 Å². The number of ether oxygens (including phenoxy) is 1. The van der Waals surface area contributed by atoms with Crippen LogP contribution >= 0.6 is 0 Å². The third-order valence-electron chi connectivity index (χ3n) is 8.23. The molecule has 1 aliphatic carbocycles. The molecular weight excluding hydrogens is 501 g/mol. The average Bonchev–Trinajstić information content (AvgIpc) is 3.63. The molecule has 2 saturated heterocycles. The fraction of sp³-hybridized carbons (Fsp3) is 0.586. The number of nitrogens with two attached hydrogens (primary N) is 1. The fourth-order valence-corrected chi connectivity index (χ4v) is 5.79. The summed E-state index contributed by atoms with van der Waals surface area (Å²) >= 11 is 0. The molecule has 3 heterocycles. The summed E-state index contributed by atoms with van der Waals surface area (Å²) in [6.07, 6.45) is 7.22. The summed E-state index contributed by atoms with van der Waals surface area (Å²) in [6, 6.07) is 5.20. The van der Waals surface area contributed by atoms with Gasteiger partial charge < -0.3 is 24.8 Å². The van der Waals surface area contributed by atoms with Gasteiger partial charge in [-0.25, -0.2) is 4.39 Å². The summed E-state index contributed by atoms with van der Waals surface area (Å²) in [7, 11) is 0. The van der Waals surface area contributed by atoms with E-state index in [9.17, 15) is 14.0 Å². The average molecular weight is 540 g/mol. The number of rotatable bonds is 8. The molecule has 0 radical (unpaired) electrons. The summed E-state index contributed by atoms with van der Waals surface area (Å²) in [5.41, 5.74) is 7.33. The van der Waals surface area contributed by atoms with Crippen LogP contribution in [0, 0.1) is 17.7 Å². The highest BCUT2D eigenvalue weighted by atomic mass is 19.1. The second kappa shape index (κ2) is 11.8. The maximum absolute atomic E-state index is 14.9. The molecule has 2 fully saturated rings. The number of nitrogens with zero attached hydrogens (tertiary/aromatic N) is 4. The Morgan fingerprint density at radius 2 is 1.97 bits per heavy atom. The summed E-state index contributed by atoms with van der Waals surface area (Å²) in [5, 5.41) is 4.04. The second-order valence-electron chi connectivity index (χ2n) is 11.3. The van der Waals surface area contributed by atoms with E-state index >= 15 is 0 Å². The highest BCUT2D eigenvalue weighted by molar-refractivity contribution is 5.88. The SMILES string of the molecule is CC(C)c1noc(N2CCC(COc3ccc(C4=CCC(C(=O)N5CCC[C@@H]5C(N)=O)CC4)cc3F)CC2)n1. The zero-order valence-electron chi connectivity index (χ0n) is 22.8. The first-order valence-corrected chi connectivity index (χ1v) is 14.1. The number of halogens is 1. The van der Waals surface area contributed by atoms with E-state index in [0.717, 1.165) is 43.5 Å². The summed E-state index contributed by atoms with van der Waals surface area (Å²) < 4.78 is 26.2. The van der Waals surface area contributed by atoms with E-state index < -0.39 is 11.9 Å². The number of carbonyl (C=O) groups is 2. The largest absolute Gasteiger partial charge is 0.490 e. The molecule has 1 aromatic carbocycles. The Balaban J connectivity index is 1.11. The first-order valence-electron chi connectivity index (χ1n) is 14.1. The Bertz CT molecular complexity index is 1220. The quantitative estimate of drug-likeness (QED) is 0.532. The van der Waals surface area contributed by atoms with Gasteiger partial charge in [-0.2, -0.15) is 4.98 Å². The van der Waals surface area contributed by atoms with Crippen LogP contribution in [0.1, 0.15) is 76.1 Å². The van der Waals surface area contributed by atoms with Gasteiger partial charge in [-0.3, -0.25) is 9.59 Å². The first-order chi connectivity index (χ1) is 18.8. The van der Waals surface area contributed by atoms with Gasteiger partial charge in [0.15, 0.2) is 17.4 Å². The van der Waals surface area contributed by atoms with Crippen molar-refractivity contribution < 1.29 is 23.2 Å². The van der Waals surface area contributed by atoms with Crippen LogP contribution in [0.2, 0.25) is 0 Å². The van der Waals surface area contributed by atoms with Crippen molar-refractivity contribution in [3.05, 3.63) is 41.5 Å². The normalized spacial score (nSPS) is 22.3. The van der Waals surface area contributed by atoms with E-state index in [1.165, 1.54) is 6.07 Å². The van der Waals surface area contributed by atoms with Crippen molar-refractivity contribution in [1.29, 1.82) is 0 Å². The van der Waals surface area contributed by atoms with Gasteiger partial charge in [-0.15, -0.1) is 0 Å². The van der Waals surface area contributed by atoms with Crippen LogP contribution in [0.15, 0.2) is 28.8 Å². The lowest BCUT2D eigenvalue weighted by atomic mass is 9.85. The summed E-state index contributed by atoms with van der Waals surface area (Å²) in [4.78, 5) is 32.9. The molecule has 2 aliphatic heterocycles. The standard InChI is InChI=1S/C29H38FN5O4/c1-18(2)27-32-29(39-33-27)34-14-11-19(12-15-34)17-38-25-10-9-22(16-23(25)30)20-5-7-21(8-6-20)28(37)35-13-3-4-24(35)26(31)36/h5,9-10,16,18-19,21,24H,3-4,6-8,11-15,17H2,1-2H3,(H2,31,36)/t21?,24-/m1/s1. The van der Waals surface area contributed by atoms with Gasteiger partial charge in [0.1, 0.15) is 6.04 Å². The van der Waals surface area contributed by atoms with Crippen molar-refractivity contribution in [3.63, 3.8) is 0 Å². The van der Waals surface area contributed by atoms with Crippen LogP contribution in [0.3, 0.4) is 0 Å². The van der Waals surface area contributed by atoms with Crippen LogP contribution < -0.4 is 15.4 Å². The minimum Gasteiger partial charge on any atom is -0.490 e. The Morgan fingerprint density at radius 1 is 1.18 bits per heavy atom. The third kappa shape index (κ3) is 6.09. The number of hydrogen-bond donors (Lipinski definition) is 1. The molecule has 2 N–H and O–H groups in total. The predicted octanol–water partition coefficient (Wildman–Crippen LogP) is 4.29. The monoisotopic (exact) mass is 539 g/mol. The highest BCUT2D eigenvalue weighted by Gasteiger charge is 2.36. The number of likely N-dealkylation sites (tertiary alicyclic amines) is 1. The first kappa shape index (κ1) is 27.1. The Morgan fingerprint density at radius 3 is 2.62 bits per heavy atom. The predicted molar refractivity (Wildman–Crippen MR) is 144 cm³/mol. The molecule has 2 amide bonds. The molecule has 210 valence electrons. The van der Waals surface area contributed by atoms with Crippen LogP contribution in [-0.4, -0.2) is 59.1 Å². The van der Waals surface area contributed by atoms with E-state index in [1.807, 2.05) is 26.0 Å². The maximum atomic E-state index is 14.9. The van der Waals surface area contributed by atoms with Crippen LogP contribution in [-0.2, 0) is 9.59 Å². The summed E-state index contributed by atoms with van der Waals surface area (Å²) in [6.45, 7) is 6.71. The van der Waals surface area contributed by atoms with E-state index in [1.54, 1.807) is 11.0 Å². The Kier molecular flexibility index (Phi) is 8.18. The molecule has 2 atom stereocenters. The number of amides is 2. The summed E-state index contributed by atoms with van der Waals surface area (Å²) in [5.74, 6) is 0.561. The van der Waals surface area contributed by atoms with Crippen molar-refractivity contribution >= 4 is 23.4 Å². The topological polar surface area (TPSA) is 115 Å². The molecule has 39 heavy (non-hydrogen) atoms. The second-order valence-corrected chi connectivity index (χ2v) is 11.3.